The monoisotopic (exact) mass is 401 g/mol. The van der Waals surface area contributed by atoms with E-state index in [2.05, 4.69) is 46.7 Å². The van der Waals surface area contributed by atoms with Crippen molar-refractivity contribution in [3.63, 3.8) is 0 Å². The highest BCUT2D eigenvalue weighted by atomic mass is 16.6. The molecule has 0 bridgehead atoms. The first-order valence-electron chi connectivity index (χ1n) is 11.3. The fourth-order valence-electron chi connectivity index (χ4n) is 4.50. The molecule has 1 aliphatic heterocycles. The number of benzene rings is 1. The normalized spacial score (nSPS) is 20.0. The summed E-state index contributed by atoms with van der Waals surface area (Å²) < 4.78 is 5.35. The van der Waals surface area contributed by atoms with Crippen molar-refractivity contribution >= 4 is 11.8 Å². The van der Waals surface area contributed by atoms with Gasteiger partial charge in [-0.25, -0.2) is 4.79 Å². The maximum absolute atomic E-state index is 11.9. The van der Waals surface area contributed by atoms with E-state index in [0.717, 1.165) is 19.5 Å². The Bertz CT molecular complexity index is 654. The number of nitrogens with zero attached hydrogens (tertiary/aromatic N) is 1. The number of nitrogens with one attached hydrogen (secondary N) is 2. The fraction of sp³-hybridized carbons (Fsp3) is 0.708. The largest absolute Gasteiger partial charge is 0.444 e. The van der Waals surface area contributed by atoms with Gasteiger partial charge in [-0.3, -0.25) is 0 Å². The Balaban J connectivity index is 1.39. The van der Waals surface area contributed by atoms with Gasteiger partial charge in [0, 0.05) is 37.9 Å². The second-order valence-electron chi connectivity index (χ2n) is 10.1. The van der Waals surface area contributed by atoms with Crippen molar-refractivity contribution in [3.05, 3.63) is 29.8 Å². The van der Waals surface area contributed by atoms with Crippen LogP contribution >= 0.6 is 0 Å². The number of alkyl carbamates (subject to hydrolysis) is 1. The topological polar surface area (TPSA) is 53.6 Å². The predicted molar refractivity (Wildman–Crippen MR) is 119 cm³/mol. The third-order valence-electron chi connectivity index (χ3n) is 6.31. The van der Waals surface area contributed by atoms with Gasteiger partial charge in [0.05, 0.1) is 0 Å². The zero-order valence-corrected chi connectivity index (χ0v) is 18.7. The SMILES string of the molecule is Cc1ccc(NC2CCN(CC3(CCNC(=O)OC(C)(C)C)CCC3)CC2)cc1. The number of aryl methyl sites for hydroxylation is 1. The molecule has 2 N–H and O–H groups in total. The molecule has 0 spiro atoms. The Morgan fingerprint density at radius 1 is 1.17 bits per heavy atom. The van der Waals surface area contributed by atoms with Gasteiger partial charge in [0.2, 0.25) is 0 Å². The first kappa shape index (κ1) is 21.9. The van der Waals surface area contributed by atoms with Crippen molar-refractivity contribution in [1.29, 1.82) is 0 Å². The number of rotatable bonds is 7. The summed E-state index contributed by atoms with van der Waals surface area (Å²) in [4.78, 5) is 14.5. The molecule has 0 aromatic heterocycles. The lowest BCUT2D eigenvalue weighted by atomic mass is 9.66. The van der Waals surface area contributed by atoms with Gasteiger partial charge in [-0.15, -0.1) is 0 Å². The summed E-state index contributed by atoms with van der Waals surface area (Å²) in [5, 5.41) is 6.65. The molecule has 2 fully saturated rings. The second-order valence-corrected chi connectivity index (χ2v) is 10.1. The highest BCUT2D eigenvalue weighted by Gasteiger charge is 2.38. The van der Waals surface area contributed by atoms with Gasteiger partial charge in [-0.05, 0) is 77.3 Å². The molecule has 3 rings (SSSR count). The summed E-state index contributed by atoms with van der Waals surface area (Å²) in [6, 6.07) is 9.28. The van der Waals surface area contributed by atoms with Crippen molar-refractivity contribution in [2.75, 3.05) is 31.5 Å². The van der Waals surface area contributed by atoms with E-state index < -0.39 is 5.60 Å². The molecule has 1 heterocycles. The Morgan fingerprint density at radius 3 is 2.38 bits per heavy atom. The first-order valence-corrected chi connectivity index (χ1v) is 11.3. The third-order valence-corrected chi connectivity index (χ3v) is 6.31. The van der Waals surface area contributed by atoms with Crippen LogP contribution in [0.15, 0.2) is 24.3 Å². The number of likely N-dealkylation sites (tertiary alicyclic amines) is 1. The van der Waals surface area contributed by atoms with Gasteiger partial charge >= 0.3 is 6.09 Å². The Morgan fingerprint density at radius 2 is 1.83 bits per heavy atom. The highest BCUT2D eigenvalue weighted by molar-refractivity contribution is 5.67. The van der Waals surface area contributed by atoms with E-state index in [0.29, 0.717) is 18.0 Å². The molecule has 1 aliphatic carbocycles. The maximum Gasteiger partial charge on any atom is 0.407 e. The van der Waals surface area contributed by atoms with Crippen molar-refractivity contribution < 1.29 is 9.53 Å². The van der Waals surface area contributed by atoms with Crippen molar-refractivity contribution in [2.24, 2.45) is 5.41 Å². The number of ether oxygens (including phenoxy) is 1. The predicted octanol–water partition coefficient (Wildman–Crippen LogP) is 4.96. The molecule has 162 valence electrons. The van der Waals surface area contributed by atoms with E-state index >= 15 is 0 Å². The molecule has 1 aromatic rings. The van der Waals surface area contributed by atoms with Gasteiger partial charge in [0.1, 0.15) is 5.60 Å². The van der Waals surface area contributed by atoms with Crippen LogP contribution in [0.25, 0.3) is 0 Å². The van der Waals surface area contributed by atoms with Crippen LogP contribution in [0.5, 0.6) is 0 Å². The van der Waals surface area contributed by atoms with Gasteiger partial charge in [-0.1, -0.05) is 24.1 Å². The summed E-state index contributed by atoms with van der Waals surface area (Å²) >= 11 is 0. The van der Waals surface area contributed by atoms with E-state index in [-0.39, 0.29) is 6.09 Å². The lowest BCUT2D eigenvalue weighted by molar-refractivity contribution is 0.0390. The molecule has 5 heteroatoms. The summed E-state index contributed by atoms with van der Waals surface area (Å²) in [6.45, 7) is 12.0. The third kappa shape index (κ3) is 6.91. The molecule has 29 heavy (non-hydrogen) atoms. The quantitative estimate of drug-likeness (QED) is 0.678. The highest BCUT2D eigenvalue weighted by Crippen LogP contribution is 2.44. The van der Waals surface area contributed by atoms with Crippen LogP contribution in [0.2, 0.25) is 0 Å². The standard InChI is InChI=1S/C24H39N3O2/c1-19-6-8-20(9-7-19)26-21-10-16-27(17-11-21)18-24(12-5-13-24)14-15-25-22(28)29-23(2,3)4/h6-9,21,26H,5,10-18H2,1-4H3,(H,25,28). The molecule has 0 unspecified atom stereocenters. The average Bonchev–Trinajstić information content (AvgIpc) is 2.61. The molecule has 1 saturated heterocycles. The summed E-state index contributed by atoms with van der Waals surface area (Å²) in [5.74, 6) is 0. The van der Waals surface area contributed by atoms with Gasteiger partial charge in [0.15, 0.2) is 0 Å². The van der Waals surface area contributed by atoms with Crippen LogP contribution in [0.3, 0.4) is 0 Å². The maximum atomic E-state index is 11.9. The minimum atomic E-state index is -0.435. The van der Waals surface area contributed by atoms with Gasteiger partial charge < -0.3 is 20.3 Å². The second kappa shape index (κ2) is 9.38. The number of piperidine rings is 1. The van der Waals surface area contributed by atoms with E-state index in [1.54, 1.807) is 0 Å². The van der Waals surface area contributed by atoms with Crippen molar-refractivity contribution in [2.45, 2.75) is 77.9 Å². The minimum absolute atomic E-state index is 0.296. The van der Waals surface area contributed by atoms with Crippen LogP contribution in [0.4, 0.5) is 10.5 Å². The molecule has 1 amide bonds. The summed E-state index contributed by atoms with van der Waals surface area (Å²) in [5.41, 5.74) is 2.48. The fourth-order valence-corrected chi connectivity index (χ4v) is 4.50. The molecule has 1 saturated carbocycles. The van der Waals surface area contributed by atoms with Crippen LogP contribution < -0.4 is 10.6 Å². The summed E-state index contributed by atoms with van der Waals surface area (Å²) in [7, 11) is 0. The van der Waals surface area contributed by atoms with Crippen molar-refractivity contribution in [1.82, 2.24) is 10.2 Å². The lowest BCUT2D eigenvalue weighted by Gasteiger charge is -2.47. The first-order chi connectivity index (χ1) is 13.7. The van der Waals surface area contributed by atoms with Crippen LogP contribution in [0, 0.1) is 12.3 Å². The Kier molecular flexibility index (Phi) is 7.10. The summed E-state index contributed by atoms with van der Waals surface area (Å²) in [6.07, 6.45) is 7.02. The molecule has 5 nitrogen and oxygen atoms in total. The van der Waals surface area contributed by atoms with E-state index in [1.807, 2.05) is 20.8 Å². The van der Waals surface area contributed by atoms with Gasteiger partial charge in [-0.2, -0.15) is 0 Å². The molecular weight excluding hydrogens is 362 g/mol. The number of anilines is 1. The molecule has 2 aliphatic rings. The Labute approximate surface area is 176 Å². The number of carbonyl (C=O) groups is 1. The van der Waals surface area contributed by atoms with Crippen molar-refractivity contribution in [3.8, 4) is 0 Å². The average molecular weight is 402 g/mol. The number of hydrogen-bond donors (Lipinski definition) is 2. The minimum Gasteiger partial charge on any atom is -0.444 e. The zero-order chi connectivity index (χ0) is 20.9. The number of amides is 1. The number of hydrogen-bond acceptors (Lipinski definition) is 4. The lowest BCUT2D eigenvalue weighted by Crippen LogP contribution is -2.48. The van der Waals surface area contributed by atoms with Crippen LogP contribution in [-0.4, -0.2) is 48.8 Å². The van der Waals surface area contributed by atoms with Crippen LogP contribution in [-0.2, 0) is 4.74 Å². The van der Waals surface area contributed by atoms with Gasteiger partial charge in [0.25, 0.3) is 0 Å². The smallest absolute Gasteiger partial charge is 0.407 e. The number of carbonyl (C=O) groups excluding carboxylic acids is 1. The van der Waals surface area contributed by atoms with E-state index in [9.17, 15) is 4.79 Å². The Hall–Kier alpha value is -1.75. The molecule has 1 aromatic carbocycles. The molecule has 0 radical (unpaired) electrons. The van der Waals surface area contributed by atoms with E-state index in [4.69, 9.17) is 4.74 Å². The van der Waals surface area contributed by atoms with Crippen LogP contribution in [0.1, 0.15) is 64.9 Å². The molecule has 0 atom stereocenters. The zero-order valence-electron chi connectivity index (χ0n) is 18.7. The molecular formula is C24H39N3O2. The van der Waals surface area contributed by atoms with E-state index in [1.165, 1.54) is 49.9 Å².